The molecule has 0 saturated heterocycles. The van der Waals surface area contributed by atoms with Gasteiger partial charge in [-0.05, 0) is 0 Å². The lowest BCUT2D eigenvalue weighted by molar-refractivity contribution is 0.911. The molecule has 0 fully saturated rings. The van der Waals surface area contributed by atoms with Gasteiger partial charge in [-0.25, -0.2) is 4.98 Å². The summed E-state index contributed by atoms with van der Waals surface area (Å²) in [6.07, 6.45) is 1.60. The Balaban J connectivity index is 2.82. The maximum Gasteiger partial charge on any atom is 0.224 e. The Morgan fingerprint density at radius 1 is 1.38 bits per heavy atom. The summed E-state index contributed by atoms with van der Waals surface area (Å²) < 4.78 is 1.73. The topological polar surface area (TPSA) is 95.6 Å². The zero-order chi connectivity index (χ0) is 9.42. The van der Waals surface area contributed by atoms with Crippen molar-refractivity contribution in [1.29, 1.82) is 0 Å². The molecular weight excluding hydrogens is 188 g/mol. The highest BCUT2D eigenvalue weighted by Crippen LogP contribution is 2.16. The molecule has 2 rings (SSSR count). The second-order valence-electron chi connectivity index (χ2n) is 2.50. The number of hydrogen-bond donors (Lipinski definition) is 3. The Hall–Kier alpha value is -1.50. The predicted octanol–water partition coefficient (Wildman–Crippen LogP) is -0.122. The number of thiol groups is 1. The van der Waals surface area contributed by atoms with E-state index in [0.717, 1.165) is 0 Å². The van der Waals surface area contributed by atoms with Crippen molar-refractivity contribution in [2.24, 2.45) is 0 Å². The minimum Gasteiger partial charge on any atom is -0.382 e. The van der Waals surface area contributed by atoms with Crippen molar-refractivity contribution in [3.63, 3.8) is 0 Å². The van der Waals surface area contributed by atoms with Gasteiger partial charge in [0.15, 0.2) is 11.5 Å². The fourth-order valence-electron chi connectivity index (χ4n) is 1.09. The lowest BCUT2D eigenvalue weighted by Crippen LogP contribution is -2.02. The Bertz CT molecular complexity index is 450. The van der Waals surface area contributed by atoms with Crippen molar-refractivity contribution in [2.75, 3.05) is 11.5 Å². The second kappa shape index (κ2) is 2.77. The molecule has 0 unspecified atom stereocenters. The molecule has 0 atom stereocenters. The van der Waals surface area contributed by atoms with E-state index in [0.29, 0.717) is 22.9 Å². The van der Waals surface area contributed by atoms with Crippen LogP contribution in [-0.2, 0) is 5.88 Å². The summed E-state index contributed by atoms with van der Waals surface area (Å²) in [5.41, 5.74) is 12.2. The number of aromatic nitrogens is 4. The van der Waals surface area contributed by atoms with Crippen LogP contribution in [0.2, 0.25) is 0 Å². The van der Waals surface area contributed by atoms with Crippen molar-refractivity contribution >= 4 is 35.6 Å². The summed E-state index contributed by atoms with van der Waals surface area (Å²) in [4.78, 5) is 11.8. The zero-order valence-electron chi connectivity index (χ0n) is 6.68. The molecule has 2 aromatic heterocycles. The minimum absolute atomic E-state index is 0.147. The van der Waals surface area contributed by atoms with Gasteiger partial charge in [-0.2, -0.15) is 22.6 Å². The van der Waals surface area contributed by atoms with Crippen molar-refractivity contribution in [3.8, 4) is 0 Å². The largest absolute Gasteiger partial charge is 0.382 e. The fourth-order valence-corrected chi connectivity index (χ4v) is 1.29. The first-order valence-corrected chi connectivity index (χ1v) is 4.20. The lowest BCUT2D eigenvalue weighted by atomic mass is 10.5. The summed E-state index contributed by atoms with van der Waals surface area (Å²) in [6.45, 7) is 0. The zero-order valence-corrected chi connectivity index (χ0v) is 7.57. The van der Waals surface area contributed by atoms with Gasteiger partial charge in [0.1, 0.15) is 5.52 Å². The molecule has 13 heavy (non-hydrogen) atoms. The van der Waals surface area contributed by atoms with Gasteiger partial charge in [-0.3, -0.25) is 0 Å². The van der Waals surface area contributed by atoms with Gasteiger partial charge in [-0.15, -0.1) is 0 Å². The first kappa shape index (κ1) is 8.11. The smallest absolute Gasteiger partial charge is 0.224 e. The van der Waals surface area contributed by atoms with E-state index >= 15 is 0 Å². The molecule has 4 N–H and O–H groups in total. The third-order valence-electron chi connectivity index (χ3n) is 1.66. The summed E-state index contributed by atoms with van der Waals surface area (Å²) in [7, 11) is 0. The van der Waals surface area contributed by atoms with Gasteiger partial charge in [0, 0.05) is 0 Å². The molecule has 2 aromatic rings. The van der Waals surface area contributed by atoms with E-state index in [-0.39, 0.29) is 5.95 Å². The highest BCUT2D eigenvalue weighted by atomic mass is 32.1. The van der Waals surface area contributed by atoms with Gasteiger partial charge in [-0.1, -0.05) is 0 Å². The molecule has 0 bridgehead atoms. The number of fused-ring (bicyclic) bond motifs is 1. The average molecular weight is 196 g/mol. The van der Waals surface area contributed by atoms with E-state index in [1.165, 1.54) is 0 Å². The molecule has 68 valence electrons. The van der Waals surface area contributed by atoms with Gasteiger partial charge in [0.05, 0.1) is 12.2 Å². The van der Waals surface area contributed by atoms with Crippen LogP contribution in [0.4, 0.5) is 11.8 Å². The number of nitrogen functional groups attached to an aromatic ring is 2. The Morgan fingerprint density at radius 2 is 2.15 bits per heavy atom. The first-order chi connectivity index (χ1) is 6.22. The Kier molecular flexibility index (Phi) is 1.73. The number of nitrogens with two attached hydrogens (primary N) is 2. The predicted molar refractivity (Wildman–Crippen MR) is 53.1 cm³/mol. The third kappa shape index (κ3) is 1.17. The normalized spacial score (nSPS) is 10.8. The Morgan fingerprint density at radius 3 is 2.85 bits per heavy atom. The van der Waals surface area contributed by atoms with Crippen LogP contribution in [0, 0.1) is 0 Å². The van der Waals surface area contributed by atoms with Gasteiger partial charge < -0.3 is 16.0 Å². The summed E-state index contributed by atoms with van der Waals surface area (Å²) in [6, 6.07) is 0. The van der Waals surface area contributed by atoms with Crippen molar-refractivity contribution < 1.29 is 0 Å². The van der Waals surface area contributed by atoms with Gasteiger partial charge in [0.25, 0.3) is 0 Å². The van der Waals surface area contributed by atoms with Crippen LogP contribution in [0.15, 0.2) is 6.33 Å². The molecule has 0 radical (unpaired) electrons. The average Bonchev–Trinajstić information content (AvgIpc) is 2.47. The van der Waals surface area contributed by atoms with Crippen LogP contribution in [-0.4, -0.2) is 19.5 Å². The summed E-state index contributed by atoms with van der Waals surface area (Å²) >= 11 is 4.10. The van der Waals surface area contributed by atoms with E-state index in [2.05, 4.69) is 27.6 Å². The molecule has 0 amide bonds. The number of imidazole rings is 1. The van der Waals surface area contributed by atoms with Gasteiger partial charge in [0.2, 0.25) is 5.95 Å². The van der Waals surface area contributed by atoms with E-state index < -0.39 is 0 Å². The molecule has 6 nitrogen and oxygen atoms in total. The van der Waals surface area contributed by atoms with Crippen molar-refractivity contribution in [3.05, 3.63) is 6.33 Å². The summed E-state index contributed by atoms with van der Waals surface area (Å²) in [5, 5.41) is 0. The van der Waals surface area contributed by atoms with Crippen LogP contribution in [0.25, 0.3) is 11.2 Å². The lowest BCUT2D eigenvalue weighted by Gasteiger charge is -1.99. The molecule has 0 aromatic carbocycles. The third-order valence-corrected chi connectivity index (χ3v) is 1.97. The van der Waals surface area contributed by atoms with E-state index in [4.69, 9.17) is 11.5 Å². The fraction of sp³-hybridized carbons (Fsp3) is 0.167. The van der Waals surface area contributed by atoms with Crippen LogP contribution >= 0.6 is 12.6 Å². The molecule has 0 aliphatic rings. The minimum atomic E-state index is 0.147. The van der Waals surface area contributed by atoms with Crippen LogP contribution in [0.5, 0.6) is 0 Å². The summed E-state index contributed by atoms with van der Waals surface area (Å²) in [5.74, 6) is 0.920. The van der Waals surface area contributed by atoms with Crippen molar-refractivity contribution in [1.82, 2.24) is 19.5 Å². The van der Waals surface area contributed by atoms with Crippen LogP contribution in [0.1, 0.15) is 0 Å². The molecular formula is C6H8N6S. The number of nitrogens with zero attached hydrogens (tertiary/aromatic N) is 4. The molecule has 0 aliphatic heterocycles. The monoisotopic (exact) mass is 196 g/mol. The molecule has 0 spiro atoms. The van der Waals surface area contributed by atoms with Crippen molar-refractivity contribution in [2.45, 2.75) is 5.88 Å². The van der Waals surface area contributed by atoms with E-state index in [1.807, 2.05) is 0 Å². The highest BCUT2D eigenvalue weighted by Gasteiger charge is 2.08. The van der Waals surface area contributed by atoms with Crippen LogP contribution in [0.3, 0.4) is 0 Å². The Labute approximate surface area is 79.4 Å². The quantitative estimate of drug-likeness (QED) is 0.552. The maximum atomic E-state index is 5.59. The number of hydrogen-bond acceptors (Lipinski definition) is 6. The number of anilines is 2. The van der Waals surface area contributed by atoms with Gasteiger partial charge >= 0.3 is 0 Å². The number of rotatable bonds is 1. The molecule has 0 saturated carbocycles. The van der Waals surface area contributed by atoms with E-state index in [9.17, 15) is 0 Å². The highest BCUT2D eigenvalue weighted by molar-refractivity contribution is 7.79. The second-order valence-corrected chi connectivity index (χ2v) is 2.78. The first-order valence-electron chi connectivity index (χ1n) is 3.57. The van der Waals surface area contributed by atoms with Crippen LogP contribution < -0.4 is 11.5 Å². The van der Waals surface area contributed by atoms with E-state index in [1.54, 1.807) is 10.9 Å². The standard InChI is InChI=1S/C6H8N6S/c7-4-3-5(11-6(8)10-4)12(2-13)1-9-3/h1,13H,2H2,(H4,7,8,10,11). The SMILES string of the molecule is Nc1nc(N)c2ncn(CS)c2n1. The molecule has 7 heteroatoms. The maximum absolute atomic E-state index is 5.59. The molecule has 0 aliphatic carbocycles. The molecule has 2 heterocycles.